The highest BCUT2D eigenvalue weighted by molar-refractivity contribution is 5.88. The molecule has 6 nitrogen and oxygen atoms in total. The third kappa shape index (κ3) is 3.23. The molecule has 0 radical (unpaired) electrons. The highest BCUT2D eigenvalue weighted by Gasteiger charge is 2.10. The first-order valence-electron chi connectivity index (χ1n) is 6.21. The fraction of sp³-hybridized carbons (Fsp3) is 0.214. The molecule has 20 heavy (non-hydrogen) atoms. The van der Waals surface area contributed by atoms with Gasteiger partial charge in [0.05, 0.1) is 12.3 Å². The second-order valence-electron chi connectivity index (χ2n) is 4.09. The molecule has 0 saturated heterocycles. The highest BCUT2D eigenvalue weighted by atomic mass is 16.5. The van der Waals surface area contributed by atoms with Crippen LogP contribution in [0.25, 0.3) is 5.69 Å². The molecule has 2 aromatic rings. The van der Waals surface area contributed by atoms with E-state index in [-0.39, 0.29) is 11.6 Å². The van der Waals surface area contributed by atoms with Gasteiger partial charge >= 0.3 is 5.97 Å². The Morgan fingerprint density at radius 2 is 1.95 bits per heavy atom. The first-order valence-corrected chi connectivity index (χ1v) is 6.21. The minimum atomic E-state index is -0.443. The molecule has 0 unspecified atom stereocenters. The molecular weight excluding hydrogens is 258 g/mol. The Morgan fingerprint density at radius 3 is 2.55 bits per heavy atom. The fourth-order valence-electron chi connectivity index (χ4n) is 1.68. The zero-order valence-electron chi connectivity index (χ0n) is 11.3. The lowest BCUT2D eigenvalue weighted by molar-refractivity contribution is -0.114. The summed E-state index contributed by atoms with van der Waals surface area (Å²) in [5, 5.41) is 6.83. The van der Waals surface area contributed by atoms with Gasteiger partial charge in [-0.25, -0.2) is 9.48 Å². The van der Waals surface area contributed by atoms with Crippen LogP contribution in [-0.2, 0) is 9.53 Å². The molecule has 0 bridgehead atoms. The van der Waals surface area contributed by atoms with Crippen molar-refractivity contribution in [3.8, 4) is 5.69 Å². The zero-order chi connectivity index (χ0) is 14.5. The van der Waals surface area contributed by atoms with Gasteiger partial charge in [0.1, 0.15) is 0 Å². The standard InChI is InChI=1S/C14H15N3O3/c1-3-20-14(19)13-8-9-17(16-13)12-6-4-11(5-7-12)15-10(2)18/h4-9H,3H2,1-2H3,(H,15,18). The third-order valence-electron chi connectivity index (χ3n) is 2.53. The first kappa shape index (κ1) is 13.8. The van der Waals surface area contributed by atoms with Gasteiger partial charge in [-0.2, -0.15) is 5.10 Å². The van der Waals surface area contributed by atoms with Crippen LogP contribution < -0.4 is 5.32 Å². The Labute approximate surface area is 116 Å². The third-order valence-corrected chi connectivity index (χ3v) is 2.53. The number of aromatic nitrogens is 2. The average molecular weight is 273 g/mol. The Morgan fingerprint density at radius 1 is 1.25 bits per heavy atom. The minimum Gasteiger partial charge on any atom is -0.461 e. The van der Waals surface area contributed by atoms with Crippen molar-refractivity contribution in [1.29, 1.82) is 0 Å². The minimum absolute atomic E-state index is 0.124. The number of ether oxygens (including phenoxy) is 1. The van der Waals surface area contributed by atoms with E-state index in [2.05, 4.69) is 10.4 Å². The van der Waals surface area contributed by atoms with E-state index in [4.69, 9.17) is 4.74 Å². The summed E-state index contributed by atoms with van der Waals surface area (Å²) in [5.74, 6) is -0.567. The van der Waals surface area contributed by atoms with Crippen molar-refractivity contribution in [1.82, 2.24) is 9.78 Å². The van der Waals surface area contributed by atoms with Crippen molar-refractivity contribution in [2.75, 3.05) is 11.9 Å². The van der Waals surface area contributed by atoms with Gasteiger partial charge < -0.3 is 10.1 Å². The fourth-order valence-corrected chi connectivity index (χ4v) is 1.68. The molecule has 1 aromatic carbocycles. The summed E-state index contributed by atoms with van der Waals surface area (Å²) >= 11 is 0. The van der Waals surface area contributed by atoms with Gasteiger partial charge in [-0.15, -0.1) is 0 Å². The Balaban J connectivity index is 2.15. The topological polar surface area (TPSA) is 73.2 Å². The monoisotopic (exact) mass is 273 g/mol. The number of carbonyl (C=O) groups is 2. The van der Waals surface area contributed by atoms with Gasteiger partial charge in [0, 0.05) is 18.8 Å². The number of hydrogen-bond acceptors (Lipinski definition) is 4. The lowest BCUT2D eigenvalue weighted by Crippen LogP contribution is -2.07. The molecule has 1 heterocycles. The molecule has 0 atom stereocenters. The van der Waals surface area contributed by atoms with Gasteiger partial charge in [0.2, 0.25) is 5.91 Å². The number of nitrogens with one attached hydrogen (secondary N) is 1. The maximum absolute atomic E-state index is 11.5. The molecule has 0 aliphatic rings. The number of hydrogen-bond donors (Lipinski definition) is 1. The van der Waals surface area contributed by atoms with Gasteiger partial charge in [0.15, 0.2) is 5.69 Å². The van der Waals surface area contributed by atoms with Crippen molar-refractivity contribution in [3.63, 3.8) is 0 Å². The second kappa shape index (κ2) is 6.01. The summed E-state index contributed by atoms with van der Waals surface area (Å²) in [7, 11) is 0. The molecular formula is C14H15N3O3. The quantitative estimate of drug-likeness (QED) is 0.865. The lowest BCUT2D eigenvalue weighted by atomic mass is 10.3. The van der Waals surface area contributed by atoms with Crippen molar-refractivity contribution >= 4 is 17.6 Å². The van der Waals surface area contributed by atoms with Crippen LogP contribution in [0.4, 0.5) is 5.69 Å². The summed E-state index contributed by atoms with van der Waals surface area (Å²) in [5.41, 5.74) is 1.76. The second-order valence-corrected chi connectivity index (χ2v) is 4.09. The van der Waals surface area contributed by atoms with E-state index in [0.717, 1.165) is 5.69 Å². The smallest absolute Gasteiger partial charge is 0.358 e. The molecule has 0 fully saturated rings. The molecule has 0 aliphatic heterocycles. The maximum Gasteiger partial charge on any atom is 0.358 e. The number of nitrogens with zero attached hydrogens (tertiary/aromatic N) is 2. The SMILES string of the molecule is CCOC(=O)c1ccn(-c2ccc(NC(C)=O)cc2)n1. The first-order chi connectivity index (χ1) is 9.60. The van der Waals surface area contributed by atoms with Crippen LogP contribution in [0.2, 0.25) is 0 Å². The van der Waals surface area contributed by atoms with E-state index in [1.54, 1.807) is 48.1 Å². The molecule has 104 valence electrons. The predicted octanol–water partition coefficient (Wildman–Crippen LogP) is 2.01. The molecule has 0 spiro atoms. The largest absolute Gasteiger partial charge is 0.461 e. The van der Waals surface area contributed by atoms with E-state index in [1.807, 2.05) is 0 Å². The van der Waals surface area contributed by atoms with Crippen LogP contribution in [0.15, 0.2) is 36.5 Å². The van der Waals surface area contributed by atoms with Crippen LogP contribution >= 0.6 is 0 Å². The molecule has 0 aliphatic carbocycles. The molecule has 2 rings (SSSR count). The van der Waals surface area contributed by atoms with Gasteiger partial charge in [-0.3, -0.25) is 4.79 Å². The Bertz CT molecular complexity index is 617. The average Bonchev–Trinajstić information content (AvgIpc) is 2.89. The van der Waals surface area contributed by atoms with Gasteiger partial charge in [0.25, 0.3) is 0 Å². The molecule has 1 N–H and O–H groups in total. The molecule has 0 saturated carbocycles. The van der Waals surface area contributed by atoms with Crippen LogP contribution in [0.3, 0.4) is 0 Å². The summed E-state index contributed by atoms with van der Waals surface area (Å²) in [6, 6.07) is 8.73. The molecule has 1 amide bonds. The Hall–Kier alpha value is -2.63. The molecule has 1 aromatic heterocycles. The van der Waals surface area contributed by atoms with Crippen molar-refractivity contribution in [2.45, 2.75) is 13.8 Å². The number of benzene rings is 1. The van der Waals surface area contributed by atoms with E-state index < -0.39 is 5.97 Å². The van der Waals surface area contributed by atoms with Crippen LogP contribution in [0, 0.1) is 0 Å². The van der Waals surface area contributed by atoms with Crippen molar-refractivity contribution < 1.29 is 14.3 Å². The number of anilines is 1. The number of amides is 1. The van der Waals surface area contributed by atoms with E-state index in [9.17, 15) is 9.59 Å². The van der Waals surface area contributed by atoms with E-state index in [1.165, 1.54) is 6.92 Å². The number of rotatable bonds is 4. The summed E-state index contributed by atoms with van der Waals surface area (Å²) in [6.07, 6.45) is 1.68. The van der Waals surface area contributed by atoms with Crippen LogP contribution in [0.1, 0.15) is 24.3 Å². The number of carbonyl (C=O) groups excluding carboxylic acids is 2. The summed E-state index contributed by atoms with van der Waals surface area (Å²) in [6.45, 7) is 3.51. The van der Waals surface area contributed by atoms with Crippen LogP contribution in [-0.4, -0.2) is 28.3 Å². The summed E-state index contributed by atoms with van der Waals surface area (Å²) in [4.78, 5) is 22.4. The number of esters is 1. The lowest BCUT2D eigenvalue weighted by Gasteiger charge is -2.04. The van der Waals surface area contributed by atoms with E-state index in [0.29, 0.717) is 12.3 Å². The normalized spacial score (nSPS) is 10.1. The van der Waals surface area contributed by atoms with Crippen molar-refractivity contribution in [2.24, 2.45) is 0 Å². The van der Waals surface area contributed by atoms with E-state index >= 15 is 0 Å². The predicted molar refractivity (Wildman–Crippen MR) is 73.8 cm³/mol. The summed E-state index contributed by atoms with van der Waals surface area (Å²) < 4.78 is 6.45. The molecule has 6 heteroatoms. The highest BCUT2D eigenvalue weighted by Crippen LogP contribution is 2.13. The zero-order valence-corrected chi connectivity index (χ0v) is 11.3. The maximum atomic E-state index is 11.5. The van der Waals surface area contributed by atoms with Gasteiger partial charge in [-0.05, 0) is 37.3 Å². The van der Waals surface area contributed by atoms with Gasteiger partial charge in [-0.1, -0.05) is 0 Å². The Kier molecular flexibility index (Phi) is 4.14. The van der Waals surface area contributed by atoms with Crippen molar-refractivity contribution in [3.05, 3.63) is 42.2 Å². The van der Waals surface area contributed by atoms with Crippen LogP contribution in [0.5, 0.6) is 0 Å².